The van der Waals surface area contributed by atoms with Crippen molar-refractivity contribution in [3.8, 4) is 0 Å². The van der Waals surface area contributed by atoms with Crippen LogP contribution in [0.25, 0.3) is 0 Å². The van der Waals surface area contributed by atoms with Crippen molar-refractivity contribution in [2.45, 2.75) is 74.8 Å². The summed E-state index contributed by atoms with van der Waals surface area (Å²) in [4.78, 5) is 11.1. The highest BCUT2D eigenvalue weighted by molar-refractivity contribution is 5.69. The fourth-order valence-corrected chi connectivity index (χ4v) is 4.67. The molecule has 5 atom stereocenters. The van der Waals surface area contributed by atoms with Gasteiger partial charge in [-0.25, -0.2) is 0 Å². The lowest BCUT2D eigenvalue weighted by molar-refractivity contribution is -0.138. The summed E-state index contributed by atoms with van der Waals surface area (Å²) in [5, 5.41) is 9.13. The lowest BCUT2D eigenvalue weighted by Gasteiger charge is -2.32. The van der Waals surface area contributed by atoms with E-state index >= 15 is 0 Å². The molecule has 0 aromatic rings. The van der Waals surface area contributed by atoms with Crippen molar-refractivity contribution >= 4 is 5.97 Å². The third-order valence-electron chi connectivity index (χ3n) is 5.59. The largest absolute Gasteiger partial charge is 0.481 e. The maximum absolute atomic E-state index is 11.1. The van der Waals surface area contributed by atoms with Crippen molar-refractivity contribution < 1.29 is 19.4 Å². The van der Waals surface area contributed by atoms with Crippen molar-refractivity contribution in [2.75, 3.05) is 0 Å². The first-order chi connectivity index (χ1) is 8.65. The van der Waals surface area contributed by atoms with Gasteiger partial charge in [0, 0.05) is 0 Å². The Kier molecular flexibility index (Phi) is 2.17. The van der Waals surface area contributed by atoms with E-state index in [1.165, 1.54) is 6.42 Å². The van der Waals surface area contributed by atoms with Crippen LogP contribution < -0.4 is 0 Å². The molecule has 18 heavy (non-hydrogen) atoms. The zero-order chi connectivity index (χ0) is 12.4. The molecule has 2 aliphatic carbocycles. The van der Waals surface area contributed by atoms with Crippen LogP contribution in [0.3, 0.4) is 0 Å². The number of fused-ring (bicyclic) bond motifs is 2. The Morgan fingerprint density at radius 3 is 2.83 bits per heavy atom. The molecule has 2 saturated heterocycles. The van der Waals surface area contributed by atoms with E-state index in [0.717, 1.165) is 38.5 Å². The Morgan fingerprint density at radius 1 is 1.22 bits per heavy atom. The normalized spacial score (nSPS) is 53.2. The van der Waals surface area contributed by atoms with Crippen LogP contribution in [-0.4, -0.2) is 34.5 Å². The summed E-state index contributed by atoms with van der Waals surface area (Å²) in [7, 11) is 0. The number of carboxylic acid groups (broad SMARTS) is 1. The predicted octanol–water partition coefficient (Wildman–Crippen LogP) is 2.11. The third kappa shape index (κ3) is 1.42. The SMILES string of the molecule is O=C(O)CC12CCCCC1(C1CCC3OC3C1)O2. The smallest absolute Gasteiger partial charge is 0.306 e. The van der Waals surface area contributed by atoms with Crippen molar-refractivity contribution in [1.82, 2.24) is 0 Å². The first kappa shape index (κ1) is 11.2. The minimum atomic E-state index is -0.713. The molecule has 4 rings (SSSR count). The Labute approximate surface area is 107 Å². The van der Waals surface area contributed by atoms with Gasteiger partial charge in [-0.2, -0.15) is 0 Å². The van der Waals surface area contributed by atoms with Gasteiger partial charge in [0.25, 0.3) is 0 Å². The maximum Gasteiger partial charge on any atom is 0.306 e. The van der Waals surface area contributed by atoms with E-state index in [4.69, 9.17) is 14.6 Å². The standard InChI is InChI=1S/C14H20O4/c15-12(16)8-13-5-1-2-6-14(13,18-13)9-3-4-10-11(7-9)17-10/h9-11H,1-8H2,(H,15,16). The summed E-state index contributed by atoms with van der Waals surface area (Å²) in [6.07, 6.45) is 8.83. The average Bonchev–Trinajstić information content (AvgIpc) is 3.20. The van der Waals surface area contributed by atoms with Crippen LogP contribution in [0.1, 0.15) is 51.4 Å². The summed E-state index contributed by atoms with van der Waals surface area (Å²) in [6.45, 7) is 0. The van der Waals surface area contributed by atoms with Crippen molar-refractivity contribution in [1.29, 1.82) is 0 Å². The number of epoxide rings is 2. The predicted molar refractivity (Wildman–Crippen MR) is 63.3 cm³/mol. The van der Waals surface area contributed by atoms with Crippen LogP contribution in [-0.2, 0) is 14.3 Å². The lowest BCUT2D eigenvalue weighted by atomic mass is 9.67. The van der Waals surface area contributed by atoms with Gasteiger partial charge in [0.15, 0.2) is 0 Å². The molecule has 1 N–H and O–H groups in total. The van der Waals surface area contributed by atoms with Crippen molar-refractivity contribution in [3.63, 3.8) is 0 Å². The fraction of sp³-hybridized carbons (Fsp3) is 0.929. The molecule has 0 radical (unpaired) electrons. The van der Waals surface area contributed by atoms with E-state index in [9.17, 15) is 4.79 Å². The maximum atomic E-state index is 11.1. The van der Waals surface area contributed by atoms with E-state index in [2.05, 4.69) is 0 Å². The third-order valence-corrected chi connectivity index (χ3v) is 5.59. The summed E-state index contributed by atoms with van der Waals surface area (Å²) >= 11 is 0. The van der Waals surface area contributed by atoms with E-state index < -0.39 is 5.97 Å². The zero-order valence-corrected chi connectivity index (χ0v) is 10.6. The summed E-state index contributed by atoms with van der Waals surface area (Å²) < 4.78 is 11.7. The number of aliphatic carboxylic acids is 1. The van der Waals surface area contributed by atoms with Crippen LogP contribution >= 0.6 is 0 Å². The summed E-state index contributed by atoms with van der Waals surface area (Å²) in [6, 6.07) is 0. The number of ether oxygens (including phenoxy) is 2. The molecule has 4 heteroatoms. The minimum absolute atomic E-state index is 0.111. The molecule has 2 heterocycles. The average molecular weight is 252 g/mol. The first-order valence-corrected chi connectivity index (χ1v) is 7.23. The number of carboxylic acids is 1. The zero-order valence-electron chi connectivity index (χ0n) is 10.6. The Balaban J connectivity index is 1.56. The van der Waals surface area contributed by atoms with Crippen LogP contribution in [0, 0.1) is 5.92 Å². The molecule has 0 aromatic heterocycles. The summed E-state index contributed by atoms with van der Waals surface area (Å²) in [5.74, 6) is -0.184. The molecular weight excluding hydrogens is 232 g/mol. The molecule has 2 saturated carbocycles. The number of rotatable bonds is 3. The number of hydrogen-bond acceptors (Lipinski definition) is 3. The Hall–Kier alpha value is -0.610. The van der Waals surface area contributed by atoms with E-state index in [-0.39, 0.29) is 17.6 Å². The molecule has 0 amide bonds. The molecule has 0 spiro atoms. The molecule has 4 nitrogen and oxygen atoms in total. The van der Waals surface area contributed by atoms with Gasteiger partial charge in [0.1, 0.15) is 11.2 Å². The topological polar surface area (TPSA) is 62.4 Å². The van der Waals surface area contributed by atoms with Crippen LogP contribution in [0.2, 0.25) is 0 Å². The molecular formula is C14H20O4. The van der Waals surface area contributed by atoms with Gasteiger partial charge in [0.05, 0.1) is 18.6 Å². The number of hydrogen-bond donors (Lipinski definition) is 1. The van der Waals surface area contributed by atoms with Crippen molar-refractivity contribution in [3.05, 3.63) is 0 Å². The van der Waals surface area contributed by atoms with Gasteiger partial charge < -0.3 is 14.6 Å². The molecule has 0 aromatic carbocycles. The molecule has 2 aliphatic heterocycles. The van der Waals surface area contributed by atoms with E-state index in [1.807, 2.05) is 0 Å². The molecule has 0 bridgehead atoms. The van der Waals surface area contributed by atoms with Gasteiger partial charge in [0.2, 0.25) is 0 Å². The summed E-state index contributed by atoms with van der Waals surface area (Å²) in [5.41, 5.74) is -0.440. The Bertz CT molecular complexity index is 395. The van der Waals surface area contributed by atoms with E-state index in [0.29, 0.717) is 18.1 Å². The second-order valence-electron chi connectivity index (χ2n) is 6.49. The fourth-order valence-electron chi connectivity index (χ4n) is 4.67. The molecule has 100 valence electrons. The quantitative estimate of drug-likeness (QED) is 0.781. The minimum Gasteiger partial charge on any atom is -0.481 e. The van der Waals surface area contributed by atoms with Crippen LogP contribution in [0.5, 0.6) is 0 Å². The highest BCUT2D eigenvalue weighted by Crippen LogP contribution is 2.66. The molecule has 4 aliphatic rings. The van der Waals surface area contributed by atoms with Gasteiger partial charge in [-0.3, -0.25) is 4.79 Å². The second-order valence-corrected chi connectivity index (χ2v) is 6.49. The first-order valence-electron chi connectivity index (χ1n) is 7.23. The highest BCUT2D eigenvalue weighted by atomic mass is 16.6. The van der Waals surface area contributed by atoms with E-state index in [1.54, 1.807) is 0 Å². The molecule has 5 unspecified atom stereocenters. The Morgan fingerprint density at radius 2 is 2.06 bits per heavy atom. The van der Waals surface area contributed by atoms with Gasteiger partial charge in [-0.1, -0.05) is 12.8 Å². The lowest BCUT2D eigenvalue weighted by Crippen LogP contribution is -2.40. The van der Waals surface area contributed by atoms with Crippen LogP contribution in [0.4, 0.5) is 0 Å². The molecule has 4 fully saturated rings. The second kappa shape index (κ2) is 3.48. The number of carbonyl (C=O) groups is 1. The van der Waals surface area contributed by atoms with Gasteiger partial charge >= 0.3 is 5.97 Å². The van der Waals surface area contributed by atoms with Gasteiger partial charge in [-0.15, -0.1) is 0 Å². The van der Waals surface area contributed by atoms with Gasteiger partial charge in [-0.05, 0) is 38.0 Å². The van der Waals surface area contributed by atoms with Crippen LogP contribution in [0.15, 0.2) is 0 Å². The highest BCUT2D eigenvalue weighted by Gasteiger charge is 2.74. The monoisotopic (exact) mass is 252 g/mol. The van der Waals surface area contributed by atoms with Crippen molar-refractivity contribution in [2.24, 2.45) is 5.92 Å².